The second kappa shape index (κ2) is 4.73. The van der Waals surface area contributed by atoms with E-state index in [1.54, 1.807) is 20.8 Å². The van der Waals surface area contributed by atoms with Crippen molar-refractivity contribution in [1.29, 1.82) is 0 Å². The number of likely N-dealkylation sites (N-methyl/N-ethyl adjacent to an activating group) is 1. The smallest absolute Gasteiger partial charge is 0.428 e. The molecule has 0 saturated carbocycles. The van der Waals surface area contributed by atoms with Gasteiger partial charge in [-0.05, 0) is 20.8 Å². The third-order valence-electron chi connectivity index (χ3n) is 3.92. The quantitative estimate of drug-likeness (QED) is 0.830. The molecular formula is C13H18FN4O3+. The number of halogens is 1. The summed E-state index contributed by atoms with van der Waals surface area (Å²) in [7, 11) is 1.44. The Bertz CT molecular complexity index is 584. The van der Waals surface area contributed by atoms with E-state index in [2.05, 4.69) is 9.97 Å². The van der Waals surface area contributed by atoms with E-state index < -0.39 is 29.4 Å². The molecule has 0 aliphatic carbocycles. The van der Waals surface area contributed by atoms with Crippen molar-refractivity contribution in [3.63, 3.8) is 0 Å². The van der Waals surface area contributed by atoms with Gasteiger partial charge in [-0.25, -0.2) is 14.0 Å². The summed E-state index contributed by atoms with van der Waals surface area (Å²) < 4.78 is 12.7. The normalized spacial score (nSPS) is 26.2. The highest BCUT2D eigenvalue weighted by Gasteiger charge is 2.62. The maximum Gasteiger partial charge on any atom is 0.428 e. The van der Waals surface area contributed by atoms with Gasteiger partial charge in [0.1, 0.15) is 12.1 Å². The minimum atomic E-state index is -1.09. The van der Waals surface area contributed by atoms with Crippen LogP contribution in [0.1, 0.15) is 20.8 Å². The monoisotopic (exact) mass is 297 g/mol. The van der Waals surface area contributed by atoms with Crippen molar-refractivity contribution in [3.05, 3.63) is 18.2 Å². The highest BCUT2D eigenvalue weighted by molar-refractivity contribution is 5.94. The van der Waals surface area contributed by atoms with Gasteiger partial charge in [-0.2, -0.15) is 14.5 Å². The second-order valence-electron chi connectivity index (χ2n) is 6.11. The summed E-state index contributed by atoms with van der Waals surface area (Å²) in [6.45, 7) is 5.40. The summed E-state index contributed by atoms with van der Waals surface area (Å²) in [6, 6.07) is -1.38. The molecule has 2 amide bonds. The Labute approximate surface area is 121 Å². The van der Waals surface area contributed by atoms with Crippen LogP contribution in [-0.2, 0) is 4.79 Å². The highest BCUT2D eigenvalue weighted by Crippen LogP contribution is 2.37. The summed E-state index contributed by atoms with van der Waals surface area (Å²) in [4.78, 5) is 33.1. The lowest BCUT2D eigenvalue weighted by atomic mass is 10.0. The van der Waals surface area contributed by atoms with Crippen LogP contribution in [0.15, 0.2) is 12.4 Å². The molecule has 1 aliphatic heterocycles. The number of aromatic nitrogens is 2. The number of carbonyl (C=O) groups is 2. The van der Waals surface area contributed by atoms with Crippen LogP contribution in [-0.4, -0.2) is 57.1 Å². The molecule has 1 aliphatic rings. The van der Waals surface area contributed by atoms with Crippen LogP contribution >= 0.6 is 0 Å². The van der Waals surface area contributed by atoms with E-state index in [1.807, 2.05) is 0 Å². The van der Waals surface area contributed by atoms with E-state index in [0.717, 1.165) is 12.4 Å². The SMILES string of the molecule is CN1C(=O)[N+](c2ncc(F)cn2)(C(C)(C)C)CC1C(=O)O. The second-order valence-corrected chi connectivity index (χ2v) is 6.11. The van der Waals surface area contributed by atoms with Gasteiger partial charge in [0.15, 0.2) is 11.9 Å². The Morgan fingerprint density at radius 1 is 1.43 bits per heavy atom. The molecule has 1 aromatic heterocycles. The lowest BCUT2D eigenvalue weighted by molar-refractivity contribution is -0.140. The molecule has 1 aromatic rings. The third kappa shape index (κ3) is 2.15. The first-order valence-corrected chi connectivity index (χ1v) is 6.47. The molecule has 8 heteroatoms. The molecule has 0 radical (unpaired) electrons. The molecule has 1 saturated heterocycles. The number of hydrogen-bond acceptors (Lipinski definition) is 4. The fourth-order valence-electron chi connectivity index (χ4n) is 2.64. The number of aliphatic carboxylic acids is 1. The van der Waals surface area contributed by atoms with Gasteiger partial charge in [0.05, 0.1) is 12.4 Å². The van der Waals surface area contributed by atoms with Crippen molar-refractivity contribution in [2.24, 2.45) is 0 Å². The average molecular weight is 297 g/mol. The van der Waals surface area contributed by atoms with E-state index in [0.29, 0.717) is 0 Å². The third-order valence-corrected chi connectivity index (χ3v) is 3.92. The number of carboxylic acid groups (broad SMARTS) is 1. The number of urea groups is 1. The Morgan fingerprint density at radius 3 is 2.33 bits per heavy atom. The summed E-state index contributed by atoms with van der Waals surface area (Å²) in [5.41, 5.74) is -0.673. The first-order chi connectivity index (χ1) is 9.61. The fraction of sp³-hybridized carbons (Fsp3) is 0.538. The molecule has 2 unspecified atom stereocenters. The van der Waals surface area contributed by atoms with Gasteiger partial charge < -0.3 is 5.11 Å². The van der Waals surface area contributed by atoms with E-state index >= 15 is 0 Å². The summed E-state index contributed by atoms with van der Waals surface area (Å²) in [6.07, 6.45) is 1.96. The molecule has 2 heterocycles. The summed E-state index contributed by atoms with van der Waals surface area (Å²) in [5, 5.41) is 9.29. The number of hydrogen-bond donors (Lipinski definition) is 1. The van der Waals surface area contributed by atoms with Crippen molar-refractivity contribution in [2.45, 2.75) is 32.4 Å². The Hall–Kier alpha value is -2.09. The lowest BCUT2D eigenvalue weighted by Gasteiger charge is -2.39. The number of amides is 2. The molecule has 21 heavy (non-hydrogen) atoms. The van der Waals surface area contributed by atoms with Crippen LogP contribution in [0.5, 0.6) is 0 Å². The molecule has 2 atom stereocenters. The number of carboxylic acids is 1. The Kier molecular flexibility index (Phi) is 3.45. The number of nitrogens with zero attached hydrogens (tertiary/aromatic N) is 4. The minimum Gasteiger partial charge on any atom is -0.480 e. The van der Waals surface area contributed by atoms with Crippen molar-refractivity contribution < 1.29 is 19.1 Å². The van der Waals surface area contributed by atoms with E-state index in [-0.39, 0.29) is 17.0 Å². The number of carbonyl (C=O) groups excluding carboxylic acids is 1. The molecule has 0 spiro atoms. The first-order valence-electron chi connectivity index (χ1n) is 6.47. The molecular weight excluding hydrogens is 279 g/mol. The largest absolute Gasteiger partial charge is 0.480 e. The van der Waals surface area contributed by atoms with Gasteiger partial charge in [0.2, 0.25) is 0 Å². The molecule has 0 aromatic carbocycles. The van der Waals surface area contributed by atoms with Gasteiger partial charge in [0, 0.05) is 7.05 Å². The molecule has 2 rings (SSSR count). The average Bonchev–Trinajstić information content (AvgIpc) is 2.65. The van der Waals surface area contributed by atoms with Gasteiger partial charge in [-0.3, -0.25) is 4.90 Å². The van der Waals surface area contributed by atoms with Crippen molar-refractivity contribution in [3.8, 4) is 0 Å². The predicted octanol–water partition coefficient (Wildman–Crippen LogP) is 1.24. The van der Waals surface area contributed by atoms with Crippen LogP contribution in [0.3, 0.4) is 0 Å². The van der Waals surface area contributed by atoms with E-state index in [1.165, 1.54) is 11.9 Å². The van der Waals surface area contributed by atoms with Crippen LogP contribution < -0.4 is 4.48 Å². The molecule has 0 bridgehead atoms. The predicted molar refractivity (Wildman–Crippen MR) is 73.0 cm³/mol. The van der Waals surface area contributed by atoms with E-state index in [9.17, 15) is 19.1 Å². The Morgan fingerprint density at radius 2 is 1.95 bits per heavy atom. The summed E-state index contributed by atoms with van der Waals surface area (Å²) in [5.74, 6) is -1.60. The minimum absolute atomic E-state index is 0.000199. The van der Waals surface area contributed by atoms with Gasteiger partial charge in [-0.15, -0.1) is 0 Å². The van der Waals surface area contributed by atoms with Crippen LogP contribution in [0.4, 0.5) is 15.1 Å². The molecule has 1 fully saturated rings. The standard InChI is InChI=1S/C13H17FN4O3/c1-13(2,3)18(11-15-5-8(14)6-16-11)7-9(10(19)20)17(4)12(18)21/h5-6,9H,7H2,1-4H3/p+1. The maximum absolute atomic E-state index is 13.1. The zero-order chi connectivity index (χ0) is 16.0. The molecule has 114 valence electrons. The lowest BCUT2D eigenvalue weighted by Crippen LogP contribution is -2.64. The zero-order valence-corrected chi connectivity index (χ0v) is 12.4. The van der Waals surface area contributed by atoms with Crippen molar-refractivity contribution >= 4 is 17.9 Å². The number of quaternary nitrogens is 1. The molecule has 7 nitrogen and oxygen atoms in total. The van der Waals surface area contributed by atoms with Crippen LogP contribution in [0.25, 0.3) is 0 Å². The van der Waals surface area contributed by atoms with Crippen LogP contribution in [0.2, 0.25) is 0 Å². The van der Waals surface area contributed by atoms with Crippen molar-refractivity contribution in [2.75, 3.05) is 13.6 Å². The number of rotatable bonds is 2. The Balaban J connectivity index is 2.62. The van der Waals surface area contributed by atoms with Gasteiger partial charge in [0.25, 0.3) is 0 Å². The van der Waals surface area contributed by atoms with Gasteiger partial charge >= 0.3 is 17.9 Å². The maximum atomic E-state index is 13.1. The highest BCUT2D eigenvalue weighted by atomic mass is 19.1. The van der Waals surface area contributed by atoms with Crippen molar-refractivity contribution in [1.82, 2.24) is 19.4 Å². The molecule has 1 N–H and O–H groups in total. The fourth-order valence-corrected chi connectivity index (χ4v) is 2.64. The topological polar surface area (TPSA) is 83.4 Å². The first kappa shape index (κ1) is 15.3. The zero-order valence-electron chi connectivity index (χ0n) is 12.4. The summed E-state index contributed by atoms with van der Waals surface area (Å²) >= 11 is 0. The van der Waals surface area contributed by atoms with E-state index in [4.69, 9.17) is 0 Å². The van der Waals surface area contributed by atoms with Crippen LogP contribution in [0, 0.1) is 5.82 Å². The van der Waals surface area contributed by atoms with Gasteiger partial charge in [-0.1, -0.05) is 0 Å².